The highest BCUT2D eigenvalue weighted by molar-refractivity contribution is 5.83. The third-order valence-corrected chi connectivity index (χ3v) is 2.04. The van der Waals surface area contributed by atoms with E-state index in [-0.39, 0.29) is 0 Å². The van der Waals surface area contributed by atoms with E-state index in [0.717, 1.165) is 16.5 Å². The summed E-state index contributed by atoms with van der Waals surface area (Å²) in [5.41, 5.74) is 4.80. The fourth-order valence-electron chi connectivity index (χ4n) is 1.37. The largest absolute Gasteiger partial charge is 0.291 e. The molecule has 0 aliphatic heterocycles. The molecule has 0 atom stereocenters. The third-order valence-electron chi connectivity index (χ3n) is 2.04. The first kappa shape index (κ1) is 8.01. The number of para-hydroxylation sites is 1. The zero-order valence-corrected chi connectivity index (χ0v) is 7.28. The van der Waals surface area contributed by atoms with Crippen molar-refractivity contribution in [1.29, 1.82) is 0 Å². The Morgan fingerprint density at radius 1 is 1.38 bits per heavy atom. The van der Waals surface area contributed by atoms with Crippen molar-refractivity contribution in [3.8, 4) is 0 Å². The molecule has 0 amide bonds. The lowest BCUT2D eigenvalue weighted by Gasteiger charge is -2.02. The molecular formula is C10H10N2O. The Balaban J connectivity index is 2.72. The molecule has 2 N–H and O–H groups in total. The van der Waals surface area contributed by atoms with E-state index in [9.17, 15) is 0 Å². The van der Waals surface area contributed by atoms with E-state index in [1.54, 1.807) is 6.20 Å². The average Bonchev–Trinajstić information content (AvgIpc) is 2.18. The van der Waals surface area contributed by atoms with Crippen molar-refractivity contribution in [2.75, 3.05) is 5.48 Å². The molecule has 0 spiro atoms. The lowest BCUT2D eigenvalue weighted by molar-refractivity contribution is 0.389. The molecule has 13 heavy (non-hydrogen) atoms. The number of pyridine rings is 1. The molecule has 0 radical (unpaired) electrons. The molecule has 0 aliphatic rings. The minimum Gasteiger partial charge on any atom is -0.291 e. The van der Waals surface area contributed by atoms with Gasteiger partial charge in [0.05, 0.1) is 17.4 Å². The van der Waals surface area contributed by atoms with Crippen LogP contribution in [-0.4, -0.2) is 10.2 Å². The van der Waals surface area contributed by atoms with Crippen LogP contribution in [0, 0.1) is 6.92 Å². The summed E-state index contributed by atoms with van der Waals surface area (Å²) in [5.74, 6) is 0. The third kappa shape index (κ3) is 1.34. The molecule has 1 aromatic carbocycles. The summed E-state index contributed by atoms with van der Waals surface area (Å²) in [4.78, 5) is 4.23. The van der Waals surface area contributed by atoms with Gasteiger partial charge in [0.2, 0.25) is 0 Å². The monoisotopic (exact) mass is 174 g/mol. The Bertz CT molecular complexity index is 440. The van der Waals surface area contributed by atoms with E-state index in [1.807, 2.05) is 31.2 Å². The van der Waals surface area contributed by atoms with Gasteiger partial charge >= 0.3 is 0 Å². The quantitative estimate of drug-likeness (QED) is 0.652. The molecule has 2 rings (SSSR count). The van der Waals surface area contributed by atoms with Crippen molar-refractivity contribution in [3.63, 3.8) is 0 Å². The molecule has 1 aromatic heterocycles. The van der Waals surface area contributed by atoms with Gasteiger partial charge in [-0.1, -0.05) is 18.2 Å². The molecule has 0 unspecified atom stereocenters. The average molecular weight is 174 g/mol. The molecular weight excluding hydrogens is 164 g/mol. The number of nitrogens with zero attached hydrogens (tertiary/aromatic N) is 1. The van der Waals surface area contributed by atoms with Crippen LogP contribution >= 0.6 is 0 Å². The minimum atomic E-state index is 0.609. The van der Waals surface area contributed by atoms with E-state index >= 15 is 0 Å². The maximum absolute atomic E-state index is 8.68. The van der Waals surface area contributed by atoms with Gasteiger partial charge in [0, 0.05) is 5.39 Å². The van der Waals surface area contributed by atoms with Gasteiger partial charge in [0.25, 0.3) is 0 Å². The van der Waals surface area contributed by atoms with Crippen LogP contribution in [-0.2, 0) is 0 Å². The van der Waals surface area contributed by atoms with E-state index in [0.29, 0.717) is 5.69 Å². The molecule has 0 saturated carbocycles. The maximum atomic E-state index is 8.68. The minimum absolute atomic E-state index is 0.609. The van der Waals surface area contributed by atoms with Gasteiger partial charge in [-0.2, -0.15) is 0 Å². The topological polar surface area (TPSA) is 45.1 Å². The van der Waals surface area contributed by atoms with Crippen LogP contribution < -0.4 is 5.48 Å². The summed E-state index contributed by atoms with van der Waals surface area (Å²) >= 11 is 0. The van der Waals surface area contributed by atoms with Crippen LogP contribution in [0.15, 0.2) is 30.5 Å². The Kier molecular flexibility index (Phi) is 1.87. The summed E-state index contributed by atoms with van der Waals surface area (Å²) in [6.45, 7) is 2.02. The summed E-state index contributed by atoms with van der Waals surface area (Å²) in [7, 11) is 0. The van der Waals surface area contributed by atoms with Crippen molar-refractivity contribution in [3.05, 3.63) is 36.0 Å². The molecule has 0 aliphatic carbocycles. The van der Waals surface area contributed by atoms with E-state index < -0.39 is 0 Å². The predicted molar refractivity (Wildman–Crippen MR) is 51.9 cm³/mol. The van der Waals surface area contributed by atoms with Gasteiger partial charge in [-0.05, 0) is 18.6 Å². The Labute approximate surface area is 76.0 Å². The highest BCUT2D eigenvalue weighted by Gasteiger charge is 1.98. The van der Waals surface area contributed by atoms with E-state index in [2.05, 4.69) is 10.5 Å². The van der Waals surface area contributed by atoms with Crippen LogP contribution in [0.2, 0.25) is 0 Å². The second-order valence-electron chi connectivity index (χ2n) is 2.98. The second-order valence-corrected chi connectivity index (χ2v) is 2.98. The fourth-order valence-corrected chi connectivity index (χ4v) is 1.37. The van der Waals surface area contributed by atoms with Crippen LogP contribution in [0.4, 0.5) is 5.69 Å². The predicted octanol–water partition coefficient (Wildman–Crippen LogP) is 2.34. The van der Waals surface area contributed by atoms with Gasteiger partial charge in [-0.3, -0.25) is 15.7 Å². The highest BCUT2D eigenvalue weighted by atomic mass is 16.5. The Morgan fingerprint density at radius 2 is 2.23 bits per heavy atom. The first-order chi connectivity index (χ1) is 6.31. The normalized spacial score (nSPS) is 10.3. The number of aryl methyl sites for hydroxylation is 1. The maximum Gasteiger partial charge on any atom is 0.0791 e. The number of nitrogens with one attached hydrogen (secondary N) is 1. The van der Waals surface area contributed by atoms with E-state index in [1.165, 1.54) is 0 Å². The van der Waals surface area contributed by atoms with E-state index in [4.69, 9.17) is 5.21 Å². The van der Waals surface area contributed by atoms with Crippen molar-refractivity contribution >= 4 is 16.6 Å². The van der Waals surface area contributed by atoms with Crippen LogP contribution in [0.5, 0.6) is 0 Å². The second kappa shape index (κ2) is 3.03. The standard InChI is InChI=1S/C10H10N2O/c1-7-3-2-4-8-5-9(12-13)6-11-10(7)8/h2-6,12-13H,1H3. The van der Waals surface area contributed by atoms with Crippen molar-refractivity contribution in [2.45, 2.75) is 6.92 Å². The fraction of sp³-hybridized carbons (Fsp3) is 0.100. The number of anilines is 1. The number of fused-ring (bicyclic) bond motifs is 1. The van der Waals surface area contributed by atoms with Gasteiger partial charge in [-0.15, -0.1) is 0 Å². The smallest absolute Gasteiger partial charge is 0.0791 e. The van der Waals surface area contributed by atoms with Crippen molar-refractivity contribution < 1.29 is 5.21 Å². The summed E-state index contributed by atoms with van der Waals surface area (Å²) < 4.78 is 0. The zero-order chi connectivity index (χ0) is 9.26. The molecule has 1 heterocycles. The van der Waals surface area contributed by atoms with Gasteiger partial charge in [0.1, 0.15) is 0 Å². The number of hydrogen-bond donors (Lipinski definition) is 2. The molecule has 0 saturated heterocycles. The first-order valence-corrected chi connectivity index (χ1v) is 4.07. The Hall–Kier alpha value is -1.61. The zero-order valence-electron chi connectivity index (χ0n) is 7.28. The molecule has 3 heteroatoms. The number of aromatic nitrogens is 1. The SMILES string of the molecule is Cc1cccc2cc(NO)cnc12. The van der Waals surface area contributed by atoms with Gasteiger partial charge < -0.3 is 0 Å². The lowest BCUT2D eigenvalue weighted by Crippen LogP contribution is -1.91. The number of benzene rings is 1. The first-order valence-electron chi connectivity index (χ1n) is 4.07. The van der Waals surface area contributed by atoms with Crippen LogP contribution in [0.1, 0.15) is 5.56 Å². The number of hydrogen-bond acceptors (Lipinski definition) is 3. The van der Waals surface area contributed by atoms with Gasteiger partial charge in [-0.25, -0.2) is 0 Å². The number of rotatable bonds is 1. The summed E-state index contributed by atoms with van der Waals surface area (Å²) in [6, 6.07) is 7.81. The summed E-state index contributed by atoms with van der Waals surface area (Å²) in [6.07, 6.45) is 1.61. The molecule has 0 fully saturated rings. The molecule has 2 aromatic rings. The molecule has 66 valence electrons. The van der Waals surface area contributed by atoms with Crippen molar-refractivity contribution in [2.24, 2.45) is 0 Å². The summed E-state index contributed by atoms with van der Waals surface area (Å²) in [5, 5.41) is 9.70. The molecule has 0 bridgehead atoms. The van der Waals surface area contributed by atoms with Crippen LogP contribution in [0.25, 0.3) is 10.9 Å². The lowest BCUT2D eigenvalue weighted by atomic mass is 10.1. The molecule has 3 nitrogen and oxygen atoms in total. The van der Waals surface area contributed by atoms with Crippen molar-refractivity contribution in [1.82, 2.24) is 4.98 Å². The van der Waals surface area contributed by atoms with Crippen LogP contribution in [0.3, 0.4) is 0 Å². The Morgan fingerprint density at radius 3 is 3.00 bits per heavy atom. The highest BCUT2D eigenvalue weighted by Crippen LogP contribution is 2.18. The van der Waals surface area contributed by atoms with Gasteiger partial charge in [0.15, 0.2) is 0 Å².